The SMILES string of the molecule is Cc1cccc2c1CC[C@H]2c1noc(-c2cnc(Cl)c(Cl)c2)n1. The second-order valence-corrected chi connectivity index (χ2v) is 6.45. The highest BCUT2D eigenvalue weighted by Gasteiger charge is 2.29. The summed E-state index contributed by atoms with van der Waals surface area (Å²) >= 11 is 11.8. The monoisotopic (exact) mass is 345 g/mol. The second-order valence-electron chi connectivity index (χ2n) is 5.69. The Hall–Kier alpha value is -1.91. The molecule has 116 valence electrons. The van der Waals surface area contributed by atoms with Crippen LogP contribution in [-0.4, -0.2) is 15.1 Å². The minimum atomic E-state index is 0.179. The average Bonchev–Trinajstić information content (AvgIpc) is 3.17. The molecular weight excluding hydrogens is 333 g/mol. The van der Waals surface area contributed by atoms with Crippen molar-refractivity contribution in [3.8, 4) is 11.5 Å². The zero-order chi connectivity index (χ0) is 16.0. The average molecular weight is 346 g/mol. The molecule has 4 rings (SSSR count). The van der Waals surface area contributed by atoms with Gasteiger partial charge in [-0.15, -0.1) is 0 Å². The summed E-state index contributed by atoms with van der Waals surface area (Å²) in [7, 11) is 0. The van der Waals surface area contributed by atoms with Crippen LogP contribution in [0, 0.1) is 6.92 Å². The second kappa shape index (κ2) is 5.62. The molecule has 0 bridgehead atoms. The lowest BCUT2D eigenvalue weighted by atomic mass is 9.99. The Morgan fingerprint density at radius 2 is 2.13 bits per heavy atom. The third-order valence-electron chi connectivity index (χ3n) is 4.30. The van der Waals surface area contributed by atoms with E-state index in [-0.39, 0.29) is 11.1 Å². The first-order chi connectivity index (χ1) is 11.1. The van der Waals surface area contributed by atoms with Gasteiger partial charge in [0.25, 0.3) is 5.89 Å². The Labute approximate surface area is 143 Å². The van der Waals surface area contributed by atoms with Crippen LogP contribution in [0.5, 0.6) is 0 Å². The van der Waals surface area contributed by atoms with E-state index in [0.717, 1.165) is 12.8 Å². The number of hydrogen-bond donors (Lipinski definition) is 0. The zero-order valence-electron chi connectivity index (χ0n) is 12.4. The molecule has 2 heterocycles. The molecule has 0 spiro atoms. The van der Waals surface area contributed by atoms with Crippen molar-refractivity contribution in [2.45, 2.75) is 25.7 Å². The lowest BCUT2D eigenvalue weighted by molar-refractivity contribution is 0.419. The molecule has 1 atom stereocenters. The third-order valence-corrected chi connectivity index (χ3v) is 4.99. The Morgan fingerprint density at radius 3 is 2.96 bits per heavy atom. The van der Waals surface area contributed by atoms with Crippen molar-refractivity contribution in [3.63, 3.8) is 0 Å². The van der Waals surface area contributed by atoms with Crippen molar-refractivity contribution in [2.75, 3.05) is 0 Å². The molecule has 0 aliphatic heterocycles. The van der Waals surface area contributed by atoms with Crippen molar-refractivity contribution >= 4 is 23.2 Å². The number of pyridine rings is 1. The summed E-state index contributed by atoms with van der Waals surface area (Å²) in [5.74, 6) is 1.29. The quantitative estimate of drug-likeness (QED) is 0.624. The summed E-state index contributed by atoms with van der Waals surface area (Å²) in [5, 5.41) is 4.79. The fraction of sp³-hybridized carbons (Fsp3) is 0.235. The van der Waals surface area contributed by atoms with E-state index >= 15 is 0 Å². The minimum Gasteiger partial charge on any atom is -0.334 e. The van der Waals surface area contributed by atoms with Gasteiger partial charge in [0, 0.05) is 12.1 Å². The number of fused-ring (bicyclic) bond motifs is 1. The molecule has 0 fully saturated rings. The molecule has 1 aliphatic rings. The fourth-order valence-corrected chi connectivity index (χ4v) is 3.41. The first kappa shape index (κ1) is 14.7. The van der Waals surface area contributed by atoms with Crippen molar-refractivity contribution in [1.29, 1.82) is 0 Å². The molecule has 0 radical (unpaired) electrons. The highest BCUT2D eigenvalue weighted by Crippen LogP contribution is 2.38. The number of nitrogens with zero attached hydrogens (tertiary/aromatic N) is 3. The first-order valence-electron chi connectivity index (χ1n) is 7.37. The number of halogens is 2. The Kier molecular flexibility index (Phi) is 3.58. The highest BCUT2D eigenvalue weighted by molar-refractivity contribution is 6.41. The molecule has 2 aromatic heterocycles. The highest BCUT2D eigenvalue weighted by atomic mass is 35.5. The van der Waals surface area contributed by atoms with Gasteiger partial charge < -0.3 is 4.52 Å². The van der Waals surface area contributed by atoms with Crippen LogP contribution >= 0.6 is 23.2 Å². The van der Waals surface area contributed by atoms with Crippen molar-refractivity contribution in [1.82, 2.24) is 15.1 Å². The van der Waals surface area contributed by atoms with Gasteiger partial charge in [0.1, 0.15) is 5.15 Å². The van der Waals surface area contributed by atoms with Crippen LogP contribution in [0.4, 0.5) is 0 Å². The molecule has 23 heavy (non-hydrogen) atoms. The van der Waals surface area contributed by atoms with Crippen LogP contribution in [0.1, 0.15) is 34.9 Å². The number of rotatable bonds is 2. The smallest absolute Gasteiger partial charge is 0.259 e. The van der Waals surface area contributed by atoms with Gasteiger partial charge in [-0.05, 0) is 42.5 Å². The largest absolute Gasteiger partial charge is 0.334 e. The van der Waals surface area contributed by atoms with E-state index < -0.39 is 0 Å². The molecule has 0 saturated carbocycles. The van der Waals surface area contributed by atoms with Crippen molar-refractivity contribution in [3.05, 3.63) is 63.2 Å². The van der Waals surface area contributed by atoms with Crippen LogP contribution in [0.15, 0.2) is 35.0 Å². The Balaban J connectivity index is 1.70. The van der Waals surface area contributed by atoms with Gasteiger partial charge in [0.05, 0.1) is 10.6 Å². The molecule has 0 amide bonds. The maximum atomic E-state index is 6.00. The molecule has 0 N–H and O–H groups in total. The van der Waals surface area contributed by atoms with Gasteiger partial charge in [-0.3, -0.25) is 0 Å². The van der Waals surface area contributed by atoms with Crippen LogP contribution in [-0.2, 0) is 6.42 Å². The summed E-state index contributed by atoms with van der Waals surface area (Å²) in [5.41, 5.74) is 4.69. The lowest BCUT2D eigenvalue weighted by Crippen LogP contribution is -1.99. The van der Waals surface area contributed by atoms with Gasteiger partial charge >= 0.3 is 0 Å². The van der Waals surface area contributed by atoms with Crippen LogP contribution < -0.4 is 0 Å². The van der Waals surface area contributed by atoms with E-state index in [4.69, 9.17) is 27.7 Å². The summed E-state index contributed by atoms with van der Waals surface area (Å²) in [6.45, 7) is 2.14. The van der Waals surface area contributed by atoms with Crippen LogP contribution in [0.2, 0.25) is 10.2 Å². The molecule has 0 unspecified atom stereocenters. The molecule has 1 aromatic carbocycles. The summed E-state index contributed by atoms with van der Waals surface area (Å²) in [4.78, 5) is 8.56. The molecule has 6 heteroatoms. The number of aryl methyl sites for hydroxylation is 1. The number of aromatic nitrogens is 3. The molecule has 4 nitrogen and oxygen atoms in total. The number of benzene rings is 1. The molecular formula is C17H13Cl2N3O. The van der Waals surface area contributed by atoms with Crippen molar-refractivity contribution < 1.29 is 4.52 Å². The van der Waals surface area contributed by atoms with Crippen LogP contribution in [0.3, 0.4) is 0 Å². The minimum absolute atomic E-state index is 0.179. The normalized spacial score (nSPS) is 16.6. The predicted octanol–water partition coefficient (Wildman–Crippen LogP) is 4.82. The van der Waals surface area contributed by atoms with E-state index in [9.17, 15) is 0 Å². The van der Waals surface area contributed by atoms with Gasteiger partial charge in [-0.1, -0.05) is 46.6 Å². The van der Waals surface area contributed by atoms with E-state index in [0.29, 0.717) is 22.3 Å². The predicted molar refractivity (Wildman–Crippen MR) is 88.9 cm³/mol. The molecule has 0 saturated heterocycles. The molecule has 3 aromatic rings. The van der Waals surface area contributed by atoms with Gasteiger partial charge in [-0.2, -0.15) is 4.98 Å². The maximum absolute atomic E-state index is 6.00. The van der Waals surface area contributed by atoms with E-state index in [1.54, 1.807) is 12.3 Å². The fourth-order valence-electron chi connectivity index (χ4n) is 3.14. The molecule has 1 aliphatic carbocycles. The Morgan fingerprint density at radius 1 is 1.26 bits per heavy atom. The maximum Gasteiger partial charge on any atom is 0.259 e. The van der Waals surface area contributed by atoms with Crippen LogP contribution in [0.25, 0.3) is 11.5 Å². The topological polar surface area (TPSA) is 51.8 Å². The van der Waals surface area contributed by atoms with Crippen molar-refractivity contribution in [2.24, 2.45) is 0 Å². The summed E-state index contributed by atoms with van der Waals surface area (Å²) in [6.07, 6.45) is 3.63. The third kappa shape index (κ3) is 2.52. The Bertz CT molecular complexity index is 891. The van der Waals surface area contributed by atoms with E-state index in [1.165, 1.54) is 16.7 Å². The first-order valence-corrected chi connectivity index (χ1v) is 8.12. The standard InChI is InChI=1S/C17H13Cl2N3O/c1-9-3-2-4-12-11(9)5-6-13(12)16-21-17(23-22-16)10-7-14(18)15(19)20-8-10/h2-4,7-8,13H,5-6H2,1H3/t13-/m1/s1. The summed E-state index contributed by atoms with van der Waals surface area (Å²) < 4.78 is 5.40. The van der Waals surface area contributed by atoms with E-state index in [2.05, 4.69) is 40.2 Å². The zero-order valence-corrected chi connectivity index (χ0v) is 13.9. The summed E-state index contributed by atoms with van der Waals surface area (Å²) in [6, 6.07) is 8.05. The van der Waals surface area contributed by atoms with Gasteiger partial charge in [-0.25, -0.2) is 4.98 Å². The van der Waals surface area contributed by atoms with E-state index in [1.807, 2.05) is 0 Å². The number of hydrogen-bond acceptors (Lipinski definition) is 4. The lowest BCUT2D eigenvalue weighted by Gasteiger charge is -2.07. The van der Waals surface area contributed by atoms with Gasteiger partial charge in [0.2, 0.25) is 0 Å². The van der Waals surface area contributed by atoms with Gasteiger partial charge in [0.15, 0.2) is 5.82 Å².